The van der Waals surface area contributed by atoms with Crippen molar-refractivity contribution >= 4 is 17.6 Å². The van der Waals surface area contributed by atoms with E-state index >= 15 is 0 Å². The molecule has 0 saturated heterocycles. The first-order chi connectivity index (χ1) is 13.9. The summed E-state index contributed by atoms with van der Waals surface area (Å²) in [5.41, 5.74) is 3.91. The Morgan fingerprint density at radius 1 is 1.17 bits per heavy atom. The summed E-state index contributed by atoms with van der Waals surface area (Å²) in [5, 5.41) is 6.40. The van der Waals surface area contributed by atoms with Crippen molar-refractivity contribution in [2.45, 2.75) is 39.7 Å². The summed E-state index contributed by atoms with van der Waals surface area (Å²) in [6.07, 6.45) is 0. The van der Waals surface area contributed by atoms with Gasteiger partial charge in [0.2, 0.25) is 5.96 Å². The second-order valence-corrected chi connectivity index (χ2v) is 7.22. The predicted octanol–water partition coefficient (Wildman–Crippen LogP) is 4.90. The number of benzene rings is 2. The molecular weight excluding hydrogens is 369 g/mol. The number of ether oxygens (including phenoxy) is 1. The van der Waals surface area contributed by atoms with Gasteiger partial charge in [-0.15, -0.1) is 0 Å². The van der Waals surface area contributed by atoms with Crippen molar-refractivity contribution in [1.29, 1.82) is 0 Å². The van der Waals surface area contributed by atoms with Crippen molar-refractivity contribution < 1.29 is 13.9 Å². The van der Waals surface area contributed by atoms with Gasteiger partial charge in [-0.2, -0.15) is 0 Å². The summed E-state index contributed by atoms with van der Waals surface area (Å²) in [4.78, 5) is 17.2. The summed E-state index contributed by atoms with van der Waals surface area (Å²) in [6.45, 7) is 8.12. The van der Waals surface area contributed by atoms with Crippen LogP contribution in [0.1, 0.15) is 50.8 Å². The minimum atomic E-state index is -0.590. The topological polar surface area (TPSA) is 62.7 Å². The van der Waals surface area contributed by atoms with Crippen LogP contribution in [-0.4, -0.2) is 18.5 Å². The van der Waals surface area contributed by atoms with E-state index in [1.165, 1.54) is 17.7 Å². The number of hydrogen-bond donors (Lipinski definition) is 2. The Balaban J connectivity index is 1.92. The standard InChI is InChI=1S/C23H26FN3O2/c1-5-29-22(28)20-15(4)25-23(26-19-12-8-16(9-13-19)14(2)3)27-21(20)17-6-10-18(24)11-7-17/h6-14,21H,5H2,1-4H3,(H2,25,26,27). The average Bonchev–Trinajstić information content (AvgIpc) is 2.68. The van der Waals surface area contributed by atoms with Gasteiger partial charge in [-0.1, -0.05) is 38.1 Å². The molecule has 1 heterocycles. The highest BCUT2D eigenvalue weighted by molar-refractivity contribution is 6.00. The highest BCUT2D eigenvalue weighted by Gasteiger charge is 2.30. The van der Waals surface area contributed by atoms with E-state index in [-0.39, 0.29) is 12.4 Å². The number of nitrogens with zero attached hydrogens (tertiary/aromatic N) is 1. The lowest BCUT2D eigenvalue weighted by atomic mass is 9.96. The van der Waals surface area contributed by atoms with Crippen LogP contribution >= 0.6 is 0 Å². The van der Waals surface area contributed by atoms with Crippen LogP contribution < -0.4 is 10.6 Å². The van der Waals surface area contributed by atoms with Crippen molar-refractivity contribution in [3.8, 4) is 0 Å². The molecule has 0 bridgehead atoms. The fraction of sp³-hybridized carbons (Fsp3) is 0.304. The van der Waals surface area contributed by atoms with Crippen molar-refractivity contribution in [3.05, 3.63) is 76.7 Å². The van der Waals surface area contributed by atoms with E-state index < -0.39 is 12.0 Å². The second-order valence-electron chi connectivity index (χ2n) is 7.22. The normalized spacial score (nSPS) is 16.3. The minimum absolute atomic E-state index is 0.267. The zero-order valence-electron chi connectivity index (χ0n) is 17.1. The van der Waals surface area contributed by atoms with E-state index in [1.54, 1.807) is 26.0 Å². The minimum Gasteiger partial charge on any atom is -0.463 e. The largest absolute Gasteiger partial charge is 0.463 e. The number of halogens is 1. The number of allylic oxidation sites excluding steroid dienone is 1. The second kappa shape index (κ2) is 8.90. The predicted molar refractivity (Wildman–Crippen MR) is 113 cm³/mol. The fourth-order valence-corrected chi connectivity index (χ4v) is 3.19. The zero-order valence-corrected chi connectivity index (χ0v) is 17.1. The smallest absolute Gasteiger partial charge is 0.338 e. The maximum Gasteiger partial charge on any atom is 0.338 e. The Morgan fingerprint density at radius 2 is 1.83 bits per heavy atom. The summed E-state index contributed by atoms with van der Waals surface area (Å²) < 4.78 is 18.6. The summed E-state index contributed by atoms with van der Waals surface area (Å²) in [7, 11) is 0. The Labute approximate surface area is 170 Å². The first-order valence-corrected chi connectivity index (χ1v) is 9.74. The first kappa shape index (κ1) is 20.6. The van der Waals surface area contributed by atoms with E-state index in [4.69, 9.17) is 4.74 Å². The molecule has 0 aliphatic carbocycles. The molecule has 0 fully saturated rings. The molecule has 6 heteroatoms. The molecule has 1 unspecified atom stereocenters. The SMILES string of the molecule is CCOC(=O)C1=C(C)NC(Nc2ccc(C(C)C)cc2)=NC1c1ccc(F)cc1. The summed E-state index contributed by atoms with van der Waals surface area (Å²) >= 11 is 0. The van der Waals surface area contributed by atoms with Crippen LogP contribution in [0.15, 0.2) is 64.8 Å². The average molecular weight is 395 g/mol. The van der Waals surface area contributed by atoms with Gasteiger partial charge < -0.3 is 15.4 Å². The Morgan fingerprint density at radius 3 is 2.41 bits per heavy atom. The molecule has 2 N–H and O–H groups in total. The molecule has 1 aliphatic heterocycles. The van der Waals surface area contributed by atoms with Gasteiger partial charge in [0.1, 0.15) is 11.9 Å². The van der Waals surface area contributed by atoms with E-state index in [0.717, 1.165) is 5.69 Å². The molecule has 29 heavy (non-hydrogen) atoms. The van der Waals surface area contributed by atoms with Gasteiger partial charge in [-0.05, 0) is 55.2 Å². The van der Waals surface area contributed by atoms with Gasteiger partial charge in [0.05, 0.1) is 12.2 Å². The Kier molecular flexibility index (Phi) is 6.32. The van der Waals surface area contributed by atoms with Gasteiger partial charge in [-0.25, -0.2) is 14.2 Å². The Bertz CT molecular complexity index is 932. The van der Waals surface area contributed by atoms with Crippen LogP contribution in [0, 0.1) is 5.82 Å². The van der Waals surface area contributed by atoms with E-state index in [2.05, 4.69) is 41.6 Å². The maximum atomic E-state index is 13.4. The molecule has 2 aromatic rings. The third kappa shape index (κ3) is 4.83. The fourth-order valence-electron chi connectivity index (χ4n) is 3.19. The molecule has 1 atom stereocenters. The number of esters is 1. The van der Waals surface area contributed by atoms with Crippen LogP contribution in [0.3, 0.4) is 0 Å². The number of carbonyl (C=O) groups is 1. The van der Waals surface area contributed by atoms with E-state index in [9.17, 15) is 9.18 Å². The van der Waals surface area contributed by atoms with Gasteiger partial charge in [0.25, 0.3) is 0 Å². The van der Waals surface area contributed by atoms with Crippen molar-refractivity contribution in [1.82, 2.24) is 5.32 Å². The molecule has 2 aromatic carbocycles. The maximum absolute atomic E-state index is 13.4. The molecular formula is C23H26FN3O2. The Hall–Kier alpha value is -3.15. The lowest BCUT2D eigenvalue weighted by molar-refractivity contribution is -0.138. The van der Waals surface area contributed by atoms with Crippen molar-refractivity contribution in [3.63, 3.8) is 0 Å². The van der Waals surface area contributed by atoms with Crippen LogP contribution in [0.25, 0.3) is 0 Å². The number of aliphatic imine (C=N–C) groups is 1. The number of nitrogens with one attached hydrogen (secondary N) is 2. The highest BCUT2D eigenvalue weighted by atomic mass is 19.1. The first-order valence-electron chi connectivity index (χ1n) is 9.74. The molecule has 0 amide bonds. The van der Waals surface area contributed by atoms with Crippen LogP contribution in [0.4, 0.5) is 10.1 Å². The molecule has 0 aromatic heterocycles. The third-order valence-electron chi connectivity index (χ3n) is 4.76. The number of guanidine groups is 1. The molecule has 0 spiro atoms. The van der Waals surface area contributed by atoms with E-state index in [0.29, 0.717) is 28.7 Å². The quantitative estimate of drug-likeness (QED) is 0.707. The number of anilines is 1. The van der Waals surface area contributed by atoms with Crippen molar-refractivity contribution in [2.24, 2.45) is 4.99 Å². The molecule has 152 valence electrons. The third-order valence-corrected chi connectivity index (χ3v) is 4.76. The zero-order chi connectivity index (χ0) is 21.0. The van der Waals surface area contributed by atoms with E-state index in [1.807, 2.05) is 12.1 Å². The number of rotatable bonds is 5. The molecule has 3 rings (SSSR count). The van der Waals surface area contributed by atoms with Crippen LogP contribution in [0.2, 0.25) is 0 Å². The van der Waals surface area contributed by atoms with Crippen LogP contribution in [-0.2, 0) is 9.53 Å². The summed E-state index contributed by atoms with van der Waals surface area (Å²) in [6, 6.07) is 13.5. The molecule has 5 nitrogen and oxygen atoms in total. The van der Waals surface area contributed by atoms with Gasteiger partial charge in [0, 0.05) is 11.4 Å². The lowest BCUT2D eigenvalue weighted by Gasteiger charge is -2.26. The van der Waals surface area contributed by atoms with Crippen LogP contribution in [0.5, 0.6) is 0 Å². The van der Waals surface area contributed by atoms with Crippen molar-refractivity contribution in [2.75, 3.05) is 11.9 Å². The molecule has 0 radical (unpaired) electrons. The number of carbonyl (C=O) groups excluding carboxylic acids is 1. The molecule has 0 saturated carbocycles. The lowest BCUT2D eigenvalue weighted by Crippen LogP contribution is -2.36. The molecule has 1 aliphatic rings. The van der Waals surface area contributed by atoms with Gasteiger partial charge >= 0.3 is 5.97 Å². The van der Waals surface area contributed by atoms with Gasteiger partial charge in [-0.3, -0.25) is 0 Å². The van der Waals surface area contributed by atoms with Gasteiger partial charge in [0.15, 0.2) is 0 Å². The highest BCUT2D eigenvalue weighted by Crippen LogP contribution is 2.31. The summed E-state index contributed by atoms with van der Waals surface area (Å²) in [5.74, 6) is 0.195. The monoisotopic (exact) mass is 395 g/mol. The number of hydrogen-bond acceptors (Lipinski definition) is 5.